The third-order valence-electron chi connectivity index (χ3n) is 4.11. The standard InChI is InChI=1S/C15H16ClFN2O3/c16-10-1-2-12(17)11(9-10)14(20)19-6-4-18(5-7-19)13-3-8-22-15(13)21/h1-2,9,13H,3-8H2/t13-/m1/s1. The fraction of sp³-hybridized carbons (Fsp3) is 0.467. The summed E-state index contributed by atoms with van der Waals surface area (Å²) in [7, 11) is 0. The first-order valence-corrected chi connectivity index (χ1v) is 7.59. The molecule has 1 aromatic rings. The highest BCUT2D eigenvalue weighted by atomic mass is 35.5. The van der Waals surface area contributed by atoms with Gasteiger partial charge < -0.3 is 9.64 Å². The number of rotatable bonds is 2. The fourth-order valence-electron chi connectivity index (χ4n) is 2.89. The van der Waals surface area contributed by atoms with Gasteiger partial charge in [-0.15, -0.1) is 0 Å². The van der Waals surface area contributed by atoms with E-state index in [1.165, 1.54) is 18.2 Å². The van der Waals surface area contributed by atoms with Crippen LogP contribution in [0.15, 0.2) is 18.2 Å². The van der Waals surface area contributed by atoms with Gasteiger partial charge in [0.05, 0.1) is 12.2 Å². The lowest BCUT2D eigenvalue weighted by Gasteiger charge is -2.36. The van der Waals surface area contributed by atoms with Gasteiger partial charge in [0.1, 0.15) is 11.9 Å². The molecule has 1 amide bonds. The first-order valence-electron chi connectivity index (χ1n) is 7.21. The lowest BCUT2D eigenvalue weighted by atomic mass is 10.1. The second-order valence-electron chi connectivity index (χ2n) is 5.42. The van der Waals surface area contributed by atoms with Crippen molar-refractivity contribution >= 4 is 23.5 Å². The normalized spacial score (nSPS) is 22.7. The van der Waals surface area contributed by atoms with Crippen molar-refractivity contribution in [2.24, 2.45) is 0 Å². The predicted molar refractivity (Wildman–Crippen MR) is 78.3 cm³/mol. The largest absolute Gasteiger partial charge is 0.464 e. The zero-order valence-electron chi connectivity index (χ0n) is 11.9. The summed E-state index contributed by atoms with van der Waals surface area (Å²) in [6, 6.07) is 3.75. The van der Waals surface area contributed by atoms with E-state index in [-0.39, 0.29) is 23.5 Å². The maximum Gasteiger partial charge on any atom is 0.323 e. The van der Waals surface area contributed by atoms with E-state index >= 15 is 0 Å². The Hall–Kier alpha value is -1.66. The number of amides is 1. The number of halogens is 2. The summed E-state index contributed by atoms with van der Waals surface area (Å²) in [6.07, 6.45) is 0.690. The lowest BCUT2D eigenvalue weighted by molar-refractivity contribution is -0.142. The molecule has 3 rings (SSSR count). The number of esters is 1. The number of benzene rings is 1. The number of carbonyl (C=O) groups is 2. The van der Waals surface area contributed by atoms with E-state index in [0.717, 1.165) is 0 Å². The molecule has 1 aromatic carbocycles. The average Bonchev–Trinajstić information content (AvgIpc) is 2.95. The van der Waals surface area contributed by atoms with Crippen LogP contribution >= 0.6 is 11.6 Å². The first-order chi connectivity index (χ1) is 10.6. The van der Waals surface area contributed by atoms with Crippen LogP contribution in [0.25, 0.3) is 0 Å². The smallest absolute Gasteiger partial charge is 0.323 e. The summed E-state index contributed by atoms with van der Waals surface area (Å²) < 4.78 is 18.7. The van der Waals surface area contributed by atoms with Crippen LogP contribution < -0.4 is 0 Å². The third kappa shape index (κ3) is 2.94. The molecule has 2 fully saturated rings. The molecule has 22 heavy (non-hydrogen) atoms. The zero-order valence-corrected chi connectivity index (χ0v) is 12.7. The molecule has 0 unspecified atom stereocenters. The summed E-state index contributed by atoms with van der Waals surface area (Å²) in [5, 5.41) is 0.331. The Balaban J connectivity index is 1.64. The van der Waals surface area contributed by atoms with Crippen LogP contribution in [-0.4, -0.2) is 60.5 Å². The molecule has 0 aromatic heterocycles. The van der Waals surface area contributed by atoms with Crippen molar-refractivity contribution in [3.05, 3.63) is 34.6 Å². The van der Waals surface area contributed by atoms with E-state index in [2.05, 4.69) is 0 Å². The molecule has 2 aliphatic heterocycles. The minimum absolute atomic E-state index is 0.0128. The van der Waals surface area contributed by atoms with Crippen LogP contribution in [-0.2, 0) is 9.53 Å². The lowest BCUT2D eigenvalue weighted by Crippen LogP contribution is -2.53. The SMILES string of the molecule is O=C1OCC[C@H]1N1CCN(C(=O)c2cc(Cl)ccc2F)CC1. The second-order valence-corrected chi connectivity index (χ2v) is 5.86. The number of carbonyl (C=O) groups excluding carboxylic acids is 2. The van der Waals surface area contributed by atoms with Gasteiger partial charge >= 0.3 is 5.97 Å². The molecule has 7 heteroatoms. The van der Waals surface area contributed by atoms with Gasteiger partial charge in [-0.2, -0.15) is 0 Å². The molecule has 0 aliphatic carbocycles. The number of cyclic esters (lactones) is 1. The van der Waals surface area contributed by atoms with Crippen molar-refractivity contribution in [2.75, 3.05) is 32.8 Å². The maximum absolute atomic E-state index is 13.8. The summed E-state index contributed by atoms with van der Waals surface area (Å²) >= 11 is 5.83. The highest BCUT2D eigenvalue weighted by Gasteiger charge is 2.35. The predicted octanol–water partition coefficient (Wildman–Crippen LogP) is 1.55. The molecule has 5 nitrogen and oxygen atoms in total. The van der Waals surface area contributed by atoms with Crippen molar-refractivity contribution in [1.29, 1.82) is 0 Å². The van der Waals surface area contributed by atoms with Gasteiger partial charge in [0.15, 0.2) is 0 Å². The van der Waals surface area contributed by atoms with Crippen LogP contribution in [0.2, 0.25) is 5.02 Å². The summed E-state index contributed by atoms with van der Waals surface area (Å²) in [6.45, 7) is 2.51. The molecule has 0 spiro atoms. The number of ether oxygens (including phenoxy) is 1. The number of piperazine rings is 1. The van der Waals surface area contributed by atoms with Crippen molar-refractivity contribution in [3.63, 3.8) is 0 Å². The molecular weight excluding hydrogens is 311 g/mol. The highest BCUT2D eigenvalue weighted by molar-refractivity contribution is 6.31. The molecule has 118 valence electrons. The molecule has 0 radical (unpaired) electrons. The van der Waals surface area contributed by atoms with Gasteiger partial charge in [-0.05, 0) is 18.2 Å². The number of nitrogens with zero attached hydrogens (tertiary/aromatic N) is 2. The Morgan fingerprint density at radius 2 is 2.00 bits per heavy atom. The topological polar surface area (TPSA) is 49.9 Å². The van der Waals surface area contributed by atoms with Gasteiger partial charge in [-0.25, -0.2) is 4.39 Å². The quantitative estimate of drug-likeness (QED) is 0.774. The Morgan fingerprint density at radius 3 is 2.64 bits per heavy atom. The Morgan fingerprint density at radius 1 is 1.27 bits per heavy atom. The number of hydrogen-bond acceptors (Lipinski definition) is 4. The third-order valence-corrected chi connectivity index (χ3v) is 4.34. The Bertz CT molecular complexity index is 602. The van der Waals surface area contributed by atoms with Crippen molar-refractivity contribution in [2.45, 2.75) is 12.5 Å². The second kappa shape index (κ2) is 6.22. The monoisotopic (exact) mass is 326 g/mol. The minimum atomic E-state index is -0.573. The molecule has 2 aliphatic rings. The molecule has 2 heterocycles. The van der Waals surface area contributed by atoms with E-state index in [1.807, 2.05) is 4.90 Å². The van der Waals surface area contributed by atoms with E-state index < -0.39 is 5.82 Å². The van der Waals surface area contributed by atoms with Crippen LogP contribution in [0.1, 0.15) is 16.8 Å². The Labute approximate surface area is 132 Å². The zero-order chi connectivity index (χ0) is 15.7. The molecule has 1 atom stereocenters. The van der Waals surface area contributed by atoms with Gasteiger partial charge in [0, 0.05) is 37.6 Å². The van der Waals surface area contributed by atoms with Crippen molar-refractivity contribution < 1.29 is 18.7 Å². The van der Waals surface area contributed by atoms with Gasteiger partial charge in [-0.1, -0.05) is 11.6 Å². The van der Waals surface area contributed by atoms with Crippen LogP contribution in [0.3, 0.4) is 0 Å². The van der Waals surface area contributed by atoms with E-state index in [4.69, 9.17) is 16.3 Å². The van der Waals surface area contributed by atoms with Gasteiger partial charge in [0.25, 0.3) is 5.91 Å². The molecule has 0 saturated carbocycles. The molecule has 0 N–H and O–H groups in total. The van der Waals surface area contributed by atoms with Crippen LogP contribution in [0.4, 0.5) is 4.39 Å². The summed E-state index contributed by atoms with van der Waals surface area (Å²) in [5.74, 6) is -1.13. The van der Waals surface area contributed by atoms with E-state index in [0.29, 0.717) is 44.2 Å². The fourth-order valence-corrected chi connectivity index (χ4v) is 3.06. The summed E-state index contributed by atoms with van der Waals surface area (Å²) in [5.41, 5.74) is -0.0128. The van der Waals surface area contributed by atoms with E-state index in [1.54, 1.807) is 4.90 Å². The van der Waals surface area contributed by atoms with Crippen molar-refractivity contribution in [3.8, 4) is 0 Å². The maximum atomic E-state index is 13.8. The first kappa shape index (κ1) is 15.2. The summed E-state index contributed by atoms with van der Waals surface area (Å²) in [4.78, 5) is 27.6. The Kier molecular flexibility index (Phi) is 4.31. The van der Waals surface area contributed by atoms with Gasteiger partial charge in [-0.3, -0.25) is 14.5 Å². The molecular formula is C15H16ClFN2O3. The minimum Gasteiger partial charge on any atom is -0.464 e. The van der Waals surface area contributed by atoms with Gasteiger partial charge in [0.2, 0.25) is 0 Å². The van der Waals surface area contributed by atoms with Crippen LogP contribution in [0, 0.1) is 5.82 Å². The average molecular weight is 327 g/mol. The molecule has 2 saturated heterocycles. The van der Waals surface area contributed by atoms with Crippen molar-refractivity contribution in [1.82, 2.24) is 9.80 Å². The van der Waals surface area contributed by atoms with E-state index in [9.17, 15) is 14.0 Å². The van der Waals surface area contributed by atoms with Crippen LogP contribution in [0.5, 0.6) is 0 Å². The number of hydrogen-bond donors (Lipinski definition) is 0. The highest BCUT2D eigenvalue weighted by Crippen LogP contribution is 2.20. The molecule has 0 bridgehead atoms.